The third-order valence-corrected chi connectivity index (χ3v) is 4.49. The summed E-state index contributed by atoms with van der Waals surface area (Å²) in [5.41, 5.74) is 1.06. The fourth-order valence-electron chi connectivity index (χ4n) is 2.00. The van der Waals surface area contributed by atoms with Gasteiger partial charge in [0.2, 0.25) is 0 Å². The van der Waals surface area contributed by atoms with Crippen LogP contribution in [-0.2, 0) is 9.05 Å². The summed E-state index contributed by atoms with van der Waals surface area (Å²) in [5, 5.41) is 0. The Balaban J connectivity index is 2.28. The van der Waals surface area contributed by atoms with Crippen LogP contribution in [0.1, 0.15) is 28.8 Å². The molecule has 1 aliphatic rings. The Morgan fingerprint density at radius 2 is 2.00 bits per heavy atom. The normalized spacial score (nSPS) is 15.3. The highest BCUT2D eigenvalue weighted by Gasteiger charge is 2.25. The number of benzene rings is 1. The van der Waals surface area contributed by atoms with Crippen LogP contribution in [0.4, 0.5) is 0 Å². The first-order valence-corrected chi connectivity index (χ1v) is 8.40. The summed E-state index contributed by atoms with van der Waals surface area (Å²) in [7, 11) is 3.25. The van der Waals surface area contributed by atoms with Crippen molar-refractivity contribution in [2.45, 2.75) is 24.7 Å². The lowest BCUT2D eigenvalue weighted by molar-refractivity contribution is 0.0788. The lowest BCUT2D eigenvalue weighted by Gasteiger charge is -2.17. The molecule has 1 aliphatic carbocycles. The summed E-state index contributed by atoms with van der Waals surface area (Å²) in [5.74, 6) is 0.423. The van der Waals surface area contributed by atoms with Crippen molar-refractivity contribution in [2.75, 3.05) is 13.6 Å². The molecule has 1 saturated carbocycles. The Morgan fingerprint density at radius 3 is 2.53 bits per heavy atom. The molecule has 0 atom stereocenters. The van der Waals surface area contributed by atoms with Crippen molar-refractivity contribution in [2.24, 2.45) is 5.92 Å². The lowest BCUT2D eigenvalue weighted by Crippen LogP contribution is -2.28. The molecule has 6 heteroatoms. The Kier molecular flexibility index (Phi) is 3.87. The molecule has 0 radical (unpaired) electrons. The Hall–Kier alpha value is -1.07. The lowest BCUT2D eigenvalue weighted by atomic mass is 10.1. The molecule has 0 saturated heterocycles. The van der Waals surface area contributed by atoms with Gasteiger partial charge in [0.1, 0.15) is 0 Å². The van der Waals surface area contributed by atoms with E-state index >= 15 is 0 Å². The summed E-state index contributed by atoms with van der Waals surface area (Å²) in [6.07, 6.45) is 2.32. The van der Waals surface area contributed by atoms with Gasteiger partial charge in [-0.25, -0.2) is 8.42 Å². The van der Waals surface area contributed by atoms with E-state index in [1.165, 1.54) is 12.1 Å². The highest BCUT2D eigenvalue weighted by atomic mass is 35.7. The molecule has 1 amide bonds. The molecule has 0 heterocycles. The summed E-state index contributed by atoms with van der Waals surface area (Å²) in [6.45, 7) is 2.46. The number of amides is 1. The molecule has 0 aromatic heterocycles. The molecular weight excluding hydrogens is 286 g/mol. The third kappa shape index (κ3) is 3.70. The Morgan fingerprint density at radius 1 is 1.37 bits per heavy atom. The van der Waals surface area contributed by atoms with Gasteiger partial charge in [-0.2, -0.15) is 0 Å². The molecule has 0 bridgehead atoms. The number of hydrogen-bond acceptors (Lipinski definition) is 3. The average molecular weight is 302 g/mol. The third-order valence-electron chi connectivity index (χ3n) is 3.16. The van der Waals surface area contributed by atoms with Crippen LogP contribution in [0.3, 0.4) is 0 Å². The predicted molar refractivity (Wildman–Crippen MR) is 73.9 cm³/mol. The number of carbonyl (C=O) groups is 1. The zero-order valence-electron chi connectivity index (χ0n) is 10.9. The van der Waals surface area contributed by atoms with E-state index < -0.39 is 9.05 Å². The second-order valence-electron chi connectivity index (χ2n) is 5.10. The first kappa shape index (κ1) is 14.3. The first-order valence-electron chi connectivity index (χ1n) is 6.09. The van der Waals surface area contributed by atoms with E-state index in [4.69, 9.17) is 10.7 Å². The first-order chi connectivity index (χ1) is 8.77. The van der Waals surface area contributed by atoms with Crippen molar-refractivity contribution in [1.82, 2.24) is 4.90 Å². The molecular formula is C13H16ClNO3S. The van der Waals surface area contributed by atoms with Crippen LogP contribution in [0.25, 0.3) is 0 Å². The SMILES string of the molecule is Cc1cc(C(=O)N(C)CC2CC2)cc(S(=O)(=O)Cl)c1. The zero-order valence-corrected chi connectivity index (χ0v) is 12.5. The highest BCUT2D eigenvalue weighted by Crippen LogP contribution is 2.30. The van der Waals surface area contributed by atoms with Crippen LogP contribution < -0.4 is 0 Å². The maximum absolute atomic E-state index is 12.2. The molecule has 1 fully saturated rings. The fourth-order valence-corrected chi connectivity index (χ4v) is 2.86. The van der Waals surface area contributed by atoms with Gasteiger partial charge in [-0.05, 0) is 49.4 Å². The largest absolute Gasteiger partial charge is 0.341 e. The van der Waals surface area contributed by atoms with Crippen LogP contribution >= 0.6 is 10.7 Å². The van der Waals surface area contributed by atoms with Crippen LogP contribution in [-0.4, -0.2) is 32.8 Å². The van der Waals surface area contributed by atoms with Crippen molar-refractivity contribution < 1.29 is 13.2 Å². The maximum Gasteiger partial charge on any atom is 0.261 e. The molecule has 4 nitrogen and oxygen atoms in total. The van der Waals surface area contributed by atoms with Gasteiger partial charge in [-0.15, -0.1) is 0 Å². The monoisotopic (exact) mass is 301 g/mol. The van der Waals surface area contributed by atoms with Crippen molar-refractivity contribution in [3.63, 3.8) is 0 Å². The van der Waals surface area contributed by atoms with Gasteiger partial charge in [0, 0.05) is 29.8 Å². The number of aryl methyl sites for hydroxylation is 1. The van der Waals surface area contributed by atoms with Crippen molar-refractivity contribution >= 4 is 25.6 Å². The molecule has 0 N–H and O–H groups in total. The van der Waals surface area contributed by atoms with E-state index in [0.717, 1.165) is 19.4 Å². The molecule has 104 valence electrons. The van der Waals surface area contributed by atoms with E-state index in [9.17, 15) is 13.2 Å². The topological polar surface area (TPSA) is 54.5 Å². The summed E-state index contributed by atoms with van der Waals surface area (Å²) in [6, 6.07) is 4.47. The smallest absolute Gasteiger partial charge is 0.261 e. The van der Waals surface area contributed by atoms with Gasteiger partial charge in [-0.3, -0.25) is 4.79 Å². The van der Waals surface area contributed by atoms with Crippen molar-refractivity contribution in [3.8, 4) is 0 Å². The standard InChI is InChI=1S/C13H16ClNO3S/c1-9-5-11(7-12(6-9)19(14,17)18)13(16)15(2)8-10-3-4-10/h5-7,10H,3-4,8H2,1-2H3. The average Bonchev–Trinajstić information content (AvgIpc) is 3.09. The minimum absolute atomic E-state index is 0.0302. The maximum atomic E-state index is 12.2. The fraction of sp³-hybridized carbons (Fsp3) is 0.462. The molecule has 1 aromatic rings. The van der Waals surface area contributed by atoms with Gasteiger partial charge in [0.15, 0.2) is 0 Å². The van der Waals surface area contributed by atoms with Crippen LogP contribution in [0.5, 0.6) is 0 Å². The predicted octanol–water partition coefficient (Wildman–Crippen LogP) is 2.40. The molecule has 0 unspecified atom stereocenters. The number of carbonyl (C=O) groups excluding carboxylic acids is 1. The second kappa shape index (κ2) is 5.13. The van der Waals surface area contributed by atoms with Crippen molar-refractivity contribution in [3.05, 3.63) is 29.3 Å². The minimum atomic E-state index is -3.82. The van der Waals surface area contributed by atoms with E-state index in [-0.39, 0.29) is 10.8 Å². The quantitative estimate of drug-likeness (QED) is 0.803. The van der Waals surface area contributed by atoms with Gasteiger partial charge in [0.25, 0.3) is 15.0 Å². The number of nitrogens with zero attached hydrogens (tertiary/aromatic N) is 1. The molecule has 0 aliphatic heterocycles. The second-order valence-corrected chi connectivity index (χ2v) is 7.67. The van der Waals surface area contributed by atoms with Gasteiger partial charge in [0.05, 0.1) is 4.90 Å². The number of hydrogen-bond donors (Lipinski definition) is 0. The van der Waals surface area contributed by atoms with E-state index in [2.05, 4.69) is 0 Å². The summed E-state index contributed by atoms with van der Waals surface area (Å²) >= 11 is 0. The van der Waals surface area contributed by atoms with Crippen LogP contribution in [0.2, 0.25) is 0 Å². The van der Waals surface area contributed by atoms with E-state index in [1.54, 1.807) is 24.9 Å². The van der Waals surface area contributed by atoms with Gasteiger partial charge >= 0.3 is 0 Å². The number of rotatable bonds is 4. The summed E-state index contributed by atoms with van der Waals surface area (Å²) < 4.78 is 22.7. The number of halogens is 1. The Labute approximate surface area is 117 Å². The summed E-state index contributed by atoms with van der Waals surface area (Å²) in [4.78, 5) is 13.8. The molecule has 1 aromatic carbocycles. The van der Waals surface area contributed by atoms with Gasteiger partial charge in [-0.1, -0.05) is 0 Å². The Bertz CT molecular complexity index is 608. The minimum Gasteiger partial charge on any atom is -0.341 e. The van der Waals surface area contributed by atoms with E-state index in [0.29, 0.717) is 17.0 Å². The zero-order chi connectivity index (χ0) is 14.2. The van der Waals surface area contributed by atoms with E-state index in [1.807, 2.05) is 0 Å². The van der Waals surface area contributed by atoms with Crippen molar-refractivity contribution in [1.29, 1.82) is 0 Å². The molecule has 2 rings (SSSR count). The molecule has 19 heavy (non-hydrogen) atoms. The van der Waals surface area contributed by atoms with Gasteiger partial charge < -0.3 is 4.90 Å². The highest BCUT2D eigenvalue weighted by molar-refractivity contribution is 8.13. The van der Waals surface area contributed by atoms with Crippen LogP contribution in [0.15, 0.2) is 23.1 Å². The van der Waals surface area contributed by atoms with Crippen LogP contribution in [0, 0.1) is 12.8 Å². The molecule has 0 spiro atoms.